The SMILES string of the molecule is Cc1ccc(S(=O)(=O)N2CCC(c3ccccc3)CC2)cc1. The molecule has 4 heteroatoms. The molecule has 0 atom stereocenters. The normalized spacial score (nSPS) is 17.5. The monoisotopic (exact) mass is 315 g/mol. The van der Waals surface area contributed by atoms with Crippen molar-refractivity contribution in [1.29, 1.82) is 0 Å². The van der Waals surface area contributed by atoms with Crippen LogP contribution in [0.15, 0.2) is 59.5 Å². The highest BCUT2D eigenvalue weighted by atomic mass is 32.2. The number of hydrogen-bond acceptors (Lipinski definition) is 2. The summed E-state index contributed by atoms with van der Waals surface area (Å²) in [7, 11) is -3.35. The average molecular weight is 315 g/mol. The second-order valence-corrected chi connectivity index (χ2v) is 7.84. The Morgan fingerprint density at radius 1 is 0.909 bits per heavy atom. The van der Waals surface area contributed by atoms with E-state index in [1.54, 1.807) is 16.4 Å². The quantitative estimate of drug-likeness (QED) is 0.868. The molecule has 0 N–H and O–H groups in total. The van der Waals surface area contributed by atoms with E-state index in [1.807, 2.05) is 37.3 Å². The van der Waals surface area contributed by atoms with Crippen LogP contribution in [-0.4, -0.2) is 25.8 Å². The highest BCUT2D eigenvalue weighted by Gasteiger charge is 2.29. The smallest absolute Gasteiger partial charge is 0.207 e. The van der Waals surface area contributed by atoms with Gasteiger partial charge in [-0.15, -0.1) is 0 Å². The Balaban J connectivity index is 1.72. The van der Waals surface area contributed by atoms with E-state index < -0.39 is 10.0 Å². The van der Waals surface area contributed by atoms with Crippen molar-refractivity contribution in [1.82, 2.24) is 4.31 Å². The molecule has 1 heterocycles. The number of hydrogen-bond donors (Lipinski definition) is 0. The number of nitrogens with zero attached hydrogens (tertiary/aromatic N) is 1. The van der Waals surface area contributed by atoms with Gasteiger partial charge < -0.3 is 0 Å². The zero-order chi connectivity index (χ0) is 15.6. The molecule has 22 heavy (non-hydrogen) atoms. The Kier molecular flexibility index (Phi) is 4.32. The first-order valence-corrected chi connectivity index (χ1v) is 9.13. The Labute approximate surface area is 132 Å². The van der Waals surface area contributed by atoms with E-state index in [9.17, 15) is 8.42 Å². The first-order chi connectivity index (χ1) is 10.6. The first kappa shape index (κ1) is 15.3. The van der Waals surface area contributed by atoms with Gasteiger partial charge in [0, 0.05) is 13.1 Å². The topological polar surface area (TPSA) is 37.4 Å². The molecule has 1 fully saturated rings. The van der Waals surface area contributed by atoms with Gasteiger partial charge in [0.05, 0.1) is 4.90 Å². The second-order valence-electron chi connectivity index (χ2n) is 5.90. The van der Waals surface area contributed by atoms with E-state index in [1.165, 1.54) is 5.56 Å². The summed E-state index contributed by atoms with van der Waals surface area (Å²) in [5, 5.41) is 0. The third kappa shape index (κ3) is 3.08. The fourth-order valence-corrected chi connectivity index (χ4v) is 4.48. The molecule has 2 aromatic rings. The van der Waals surface area contributed by atoms with Crippen LogP contribution in [0, 0.1) is 6.92 Å². The molecule has 1 aliphatic rings. The summed E-state index contributed by atoms with van der Waals surface area (Å²) >= 11 is 0. The third-order valence-corrected chi connectivity index (χ3v) is 6.30. The number of aryl methyl sites for hydroxylation is 1. The van der Waals surface area contributed by atoms with Crippen molar-refractivity contribution < 1.29 is 8.42 Å². The molecule has 2 aromatic carbocycles. The zero-order valence-corrected chi connectivity index (χ0v) is 13.6. The second kappa shape index (κ2) is 6.23. The highest BCUT2D eigenvalue weighted by Crippen LogP contribution is 2.30. The molecule has 3 nitrogen and oxygen atoms in total. The number of sulfonamides is 1. The molecule has 0 saturated carbocycles. The molecule has 116 valence electrons. The van der Waals surface area contributed by atoms with Crippen molar-refractivity contribution in [2.75, 3.05) is 13.1 Å². The van der Waals surface area contributed by atoms with Gasteiger partial charge in [0.25, 0.3) is 0 Å². The maximum atomic E-state index is 12.7. The van der Waals surface area contributed by atoms with E-state index >= 15 is 0 Å². The van der Waals surface area contributed by atoms with Gasteiger partial charge in [-0.25, -0.2) is 8.42 Å². The lowest BCUT2D eigenvalue weighted by Gasteiger charge is -2.31. The average Bonchev–Trinajstić information content (AvgIpc) is 2.56. The molecular weight excluding hydrogens is 294 g/mol. The van der Waals surface area contributed by atoms with Crippen molar-refractivity contribution in [2.24, 2.45) is 0 Å². The van der Waals surface area contributed by atoms with Gasteiger partial charge in [-0.3, -0.25) is 0 Å². The first-order valence-electron chi connectivity index (χ1n) is 7.69. The summed E-state index contributed by atoms with van der Waals surface area (Å²) in [6, 6.07) is 17.5. The molecule has 3 rings (SSSR count). The summed E-state index contributed by atoms with van der Waals surface area (Å²) < 4.78 is 27.0. The molecule has 0 amide bonds. The van der Waals surface area contributed by atoms with Crippen LogP contribution in [0.4, 0.5) is 0 Å². The minimum atomic E-state index is -3.35. The fourth-order valence-electron chi connectivity index (χ4n) is 3.01. The van der Waals surface area contributed by atoms with Crippen LogP contribution in [0.1, 0.15) is 29.9 Å². The van der Waals surface area contributed by atoms with Crippen LogP contribution in [0.2, 0.25) is 0 Å². The van der Waals surface area contributed by atoms with Crippen molar-refractivity contribution in [3.8, 4) is 0 Å². The van der Waals surface area contributed by atoms with Crippen LogP contribution in [0.25, 0.3) is 0 Å². The van der Waals surface area contributed by atoms with Crippen LogP contribution < -0.4 is 0 Å². The number of piperidine rings is 1. The van der Waals surface area contributed by atoms with E-state index in [4.69, 9.17) is 0 Å². The van der Waals surface area contributed by atoms with E-state index in [0.29, 0.717) is 23.9 Å². The Hall–Kier alpha value is -1.65. The molecule has 1 saturated heterocycles. The zero-order valence-electron chi connectivity index (χ0n) is 12.8. The minimum absolute atomic E-state index is 0.399. The maximum absolute atomic E-state index is 12.7. The molecule has 0 aliphatic carbocycles. The molecule has 0 spiro atoms. The number of rotatable bonds is 3. The van der Waals surface area contributed by atoms with E-state index in [0.717, 1.165) is 18.4 Å². The Bertz CT molecular complexity index is 715. The van der Waals surface area contributed by atoms with Gasteiger partial charge in [-0.05, 0) is 43.4 Å². The maximum Gasteiger partial charge on any atom is 0.243 e. The van der Waals surface area contributed by atoms with Gasteiger partial charge in [0.2, 0.25) is 10.0 Å². The largest absolute Gasteiger partial charge is 0.243 e. The molecule has 0 aromatic heterocycles. The molecule has 1 aliphatic heterocycles. The van der Waals surface area contributed by atoms with Gasteiger partial charge in [-0.2, -0.15) is 4.31 Å². The van der Waals surface area contributed by atoms with E-state index in [2.05, 4.69) is 12.1 Å². The van der Waals surface area contributed by atoms with Gasteiger partial charge in [0.15, 0.2) is 0 Å². The van der Waals surface area contributed by atoms with Crippen LogP contribution in [0.5, 0.6) is 0 Å². The lowest BCUT2D eigenvalue weighted by molar-refractivity contribution is 0.319. The van der Waals surface area contributed by atoms with Crippen LogP contribution in [-0.2, 0) is 10.0 Å². The van der Waals surface area contributed by atoms with Crippen molar-refractivity contribution in [3.05, 3.63) is 65.7 Å². The van der Waals surface area contributed by atoms with E-state index in [-0.39, 0.29) is 0 Å². The molecule has 0 bridgehead atoms. The summed E-state index contributed by atoms with van der Waals surface area (Å²) in [6.45, 7) is 3.15. The molecular formula is C18H21NO2S. The summed E-state index contributed by atoms with van der Waals surface area (Å²) in [5.74, 6) is 0.464. The van der Waals surface area contributed by atoms with Crippen LogP contribution in [0.3, 0.4) is 0 Å². The predicted molar refractivity (Wildman–Crippen MR) is 88.4 cm³/mol. The standard InChI is InChI=1S/C18H21NO2S/c1-15-7-9-18(10-8-15)22(20,21)19-13-11-17(12-14-19)16-5-3-2-4-6-16/h2-10,17H,11-14H2,1H3. The highest BCUT2D eigenvalue weighted by molar-refractivity contribution is 7.89. The van der Waals surface area contributed by atoms with Crippen molar-refractivity contribution in [3.63, 3.8) is 0 Å². The Morgan fingerprint density at radius 3 is 2.09 bits per heavy atom. The lowest BCUT2D eigenvalue weighted by Crippen LogP contribution is -2.37. The predicted octanol–water partition coefficient (Wildman–Crippen LogP) is 3.56. The lowest BCUT2D eigenvalue weighted by atomic mass is 9.90. The fraction of sp³-hybridized carbons (Fsp3) is 0.333. The summed E-state index contributed by atoms with van der Waals surface area (Å²) in [5.41, 5.74) is 2.39. The van der Waals surface area contributed by atoms with Gasteiger partial charge in [-0.1, -0.05) is 48.0 Å². The van der Waals surface area contributed by atoms with Crippen molar-refractivity contribution >= 4 is 10.0 Å². The van der Waals surface area contributed by atoms with Gasteiger partial charge in [0.1, 0.15) is 0 Å². The van der Waals surface area contributed by atoms with Crippen LogP contribution >= 0.6 is 0 Å². The summed E-state index contributed by atoms with van der Waals surface area (Å²) in [4.78, 5) is 0.399. The summed E-state index contributed by atoms with van der Waals surface area (Å²) in [6.07, 6.45) is 1.77. The number of benzene rings is 2. The van der Waals surface area contributed by atoms with Gasteiger partial charge >= 0.3 is 0 Å². The molecule has 0 radical (unpaired) electrons. The Morgan fingerprint density at radius 2 is 1.50 bits per heavy atom. The molecule has 0 unspecified atom stereocenters. The third-order valence-electron chi connectivity index (χ3n) is 4.38. The van der Waals surface area contributed by atoms with Crippen molar-refractivity contribution in [2.45, 2.75) is 30.6 Å². The minimum Gasteiger partial charge on any atom is -0.207 e.